The predicted molar refractivity (Wildman–Crippen MR) is 98.6 cm³/mol. The van der Waals surface area contributed by atoms with Gasteiger partial charge in [0.2, 0.25) is 0 Å². The minimum atomic E-state index is -0.0791. The molecule has 1 aliphatic heterocycles. The molecular formula is C17H20BrClN4O. The fourth-order valence-electron chi connectivity index (χ4n) is 3.33. The van der Waals surface area contributed by atoms with Crippen LogP contribution in [0.5, 0.6) is 0 Å². The molecule has 1 amide bonds. The molecule has 0 atom stereocenters. The first kappa shape index (κ1) is 17.5. The smallest absolute Gasteiger partial charge is 0.272 e. The number of nitrogens with one attached hydrogen (secondary N) is 3. The lowest BCUT2D eigenvalue weighted by molar-refractivity contribution is 0.0943. The number of nitrogens with zero attached hydrogens (tertiary/aromatic N) is 1. The Morgan fingerprint density at radius 3 is 2.88 bits per heavy atom. The first-order chi connectivity index (χ1) is 11.2. The van der Waals surface area contributed by atoms with Gasteiger partial charge in [0.05, 0.1) is 0 Å². The van der Waals surface area contributed by atoms with Crippen molar-refractivity contribution < 1.29 is 4.79 Å². The Balaban J connectivity index is 0.00000169. The normalized spacial score (nSPS) is 17.5. The van der Waals surface area contributed by atoms with Crippen LogP contribution in [0.3, 0.4) is 0 Å². The first-order valence-corrected chi connectivity index (χ1v) is 8.79. The van der Waals surface area contributed by atoms with Gasteiger partial charge in [0.1, 0.15) is 0 Å². The molecule has 1 fully saturated rings. The lowest BCUT2D eigenvalue weighted by atomic mass is 9.96. The zero-order valence-electron chi connectivity index (χ0n) is 13.2. The number of amides is 1. The summed E-state index contributed by atoms with van der Waals surface area (Å²) in [5.74, 6) is -0.0791. The van der Waals surface area contributed by atoms with Crippen LogP contribution in [0.4, 0.5) is 0 Å². The molecule has 7 heteroatoms. The molecule has 0 radical (unpaired) electrons. The number of rotatable bonds is 4. The second kappa shape index (κ2) is 6.86. The number of aromatic amines is 1. The molecule has 24 heavy (non-hydrogen) atoms. The van der Waals surface area contributed by atoms with Crippen molar-refractivity contribution in [1.29, 1.82) is 0 Å². The summed E-state index contributed by atoms with van der Waals surface area (Å²) in [6, 6.07) is 8.28. The van der Waals surface area contributed by atoms with Crippen molar-refractivity contribution in [3.8, 4) is 0 Å². The van der Waals surface area contributed by atoms with Crippen molar-refractivity contribution in [2.45, 2.75) is 31.2 Å². The molecule has 0 saturated heterocycles. The summed E-state index contributed by atoms with van der Waals surface area (Å²) in [5.41, 5.74) is 3.99. The maximum atomic E-state index is 12.5. The maximum absolute atomic E-state index is 12.5. The fourth-order valence-corrected chi connectivity index (χ4v) is 4.04. The largest absolute Gasteiger partial charge is 0.350 e. The van der Waals surface area contributed by atoms with Gasteiger partial charge >= 0.3 is 0 Å². The number of H-pyrrole nitrogens is 1. The van der Waals surface area contributed by atoms with E-state index < -0.39 is 0 Å². The van der Waals surface area contributed by atoms with Gasteiger partial charge in [-0.3, -0.25) is 9.89 Å². The average Bonchev–Trinajstić information content (AvgIpc) is 3.24. The van der Waals surface area contributed by atoms with Gasteiger partial charge in [0, 0.05) is 47.2 Å². The second-order valence-corrected chi connectivity index (χ2v) is 7.25. The Morgan fingerprint density at radius 1 is 1.33 bits per heavy atom. The van der Waals surface area contributed by atoms with Crippen molar-refractivity contribution in [2.24, 2.45) is 0 Å². The second-order valence-electron chi connectivity index (χ2n) is 6.40. The molecule has 2 aliphatic rings. The molecule has 1 aliphatic carbocycles. The molecule has 128 valence electrons. The molecule has 2 heterocycles. The lowest BCUT2D eigenvalue weighted by Crippen LogP contribution is -2.34. The molecular weight excluding hydrogens is 392 g/mol. The topological polar surface area (TPSA) is 69.8 Å². The summed E-state index contributed by atoms with van der Waals surface area (Å²) in [5, 5.41) is 13.6. The first-order valence-electron chi connectivity index (χ1n) is 8.00. The Kier molecular flexibility index (Phi) is 4.99. The number of hydrogen-bond donors (Lipinski definition) is 3. The van der Waals surface area contributed by atoms with E-state index in [1.165, 1.54) is 5.56 Å². The molecule has 1 aromatic carbocycles. The van der Waals surface area contributed by atoms with Gasteiger partial charge in [-0.25, -0.2) is 0 Å². The highest BCUT2D eigenvalue weighted by molar-refractivity contribution is 9.10. The minimum absolute atomic E-state index is 0. The summed E-state index contributed by atoms with van der Waals surface area (Å²) >= 11 is 3.63. The van der Waals surface area contributed by atoms with Gasteiger partial charge in [0.15, 0.2) is 5.69 Å². The van der Waals surface area contributed by atoms with Crippen molar-refractivity contribution in [3.63, 3.8) is 0 Å². The average molecular weight is 412 g/mol. The third-order valence-electron chi connectivity index (χ3n) is 4.91. The van der Waals surface area contributed by atoms with Crippen LogP contribution in [0.1, 0.15) is 40.2 Å². The highest BCUT2D eigenvalue weighted by Gasteiger charge is 2.45. The molecule has 0 bridgehead atoms. The summed E-state index contributed by atoms with van der Waals surface area (Å²) in [4.78, 5) is 12.5. The van der Waals surface area contributed by atoms with Crippen molar-refractivity contribution in [1.82, 2.24) is 20.8 Å². The lowest BCUT2D eigenvalue weighted by Gasteiger charge is -2.18. The molecule has 0 spiro atoms. The summed E-state index contributed by atoms with van der Waals surface area (Å²) in [6.45, 7) is 2.30. The van der Waals surface area contributed by atoms with Crippen molar-refractivity contribution >= 4 is 34.2 Å². The SMILES string of the molecule is Cl.O=C(NCC1(c2ccccc2Br)CC1)c1n[nH]c2c1CNCC2. The highest BCUT2D eigenvalue weighted by Crippen LogP contribution is 2.49. The summed E-state index contributed by atoms with van der Waals surface area (Å²) < 4.78 is 1.12. The quantitative estimate of drug-likeness (QED) is 0.724. The zero-order chi connectivity index (χ0) is 15.9. The van der Waals surface area contributed by atoms with Crippen LogP contribution in [0.25, 0.3) is 0 Å². The molecule has 1 saturated carbocycles. The van der Waals surface area contributed by atoms with E-state index in [9.17, 15) is 4.79 Å². The molecule has 0 unspecified atom stereocenters. The number of benzene rings is 1. The van der Waals surface area contributed by atoms with Gasteiger partial charge < -0.3 is 10.6 Å². The zero-order valence-corrected chi connectivity index (χ0v) is 15.6. The van der Waals surface area contributed by atoms with Gasteiger partial charge in [-0.05, 0) is 24.5 Å². The predicted octanol–water partition coefficient (Wildman–Crippen LogP) is 2.70. The third kappa shape index (κ3) is 3.10. The number of carbonyl (C=O) groups is 1. The van der Waals surface area contributed by atoms with E-state index in [2.05, 4.69) is 55.0 Å². The standard InChI is InChI=1S/C17H19BrN4O.ClH/c18-13-4-2-1-3-12(13)17(6-7-17)10-20-16(23)15-11-9-19-8-5-14(11)21-22-15;/h1-4,19H,5-10H2,(H,20,23)(H,21,22);1H. The fraction of sp³-hybridized carbons (Fsp3) is 0.412. The van der Waals surface area contributed by atoms with Crippen LogP contribution < -0.4 is 10.6 Å². The van der Waals surface area contributed by atoms with E-state index in [-0.39, 0.29) is 23.7 Å². The third-order valence-corrected chi connectivity index (χ3v) is 5.60. The molecule has 3 N–H and O–H groups in total. The van der Waals surface area contributed by atoms with Crippen LogP contribution in [0.15, 0.2) is 28.7 Å². The van der Waals surface area contributed by atoms with Crippen molar-refractivity contribution in [2.75, 3.05) is 13.1 Å². The van der Waals surface area contributed by atoms with E-state index in [0.29, 0.717) is 18.8 Å². The Morgan fingerprint density at radius 2 is 2.12 bits per heavy atom. The minimum Gasteiger partial charge on any atom is -0.350 e. The van der Waals surface area contributed by atoms with Gasteiger partial charge in [-0.2, -0.15) is 5.10 Å². The molecule has 5 nitrogen and oxygen atoms in total. The molecule has 1 aromatic heterocycles. The highest BCUT2D eigenvalue weighted by atomic mass is 79.9. The summed E-state index contributed by atoms with van der Waals surface area (Å²) in [6.07, 6.45) is 3.11. The van der Waals surface area contributed by atoms with E-state index >= 15 is 0 Å². The van der Waals surface area contributed by atoms with E-state index in [4.69, 9.17) is 0 Å². The van der Waals surface area contributed by atoms with E-state index in [1.807, 2.05) is 6.07 Å². The monoisotopic (exact) mass is 410 g/mol. The van der Waals surface area contributed by atoms with E-state index in [1.54, 1.807) is 0 Å². The van der Waals surface area contributed by atoms with Crippen LogP contribution >= 0.6 is 28.3 Å². The Bertz CT molecular complexity index is 757. The molecule has 4 rings (SSSR count). The van der Waals surface area contributed by atoms with E-state index in [0.717, 1.165) is 41.5 Å². The van der Waals surface area contributed by atoms with Crippen LogP contribution in [0, 0.1) is 0 Å². The van der Waals surface area contributed by atoms with Gasteiger partial charge in [-0.1, -0.05) is 34.1 Å². The number of aromatic nitrogens is 2. The van der Waals surface area contributed by atoms with Crippen LogP contribution in [-0.2, 0) is 18.4 Å². The van der Waals surface area contributed by atoms with Crippen LogP contribution in [0.2, 0.25) is 0 Å². The number of hydrogen-bond acceptors (Lipinski definition) is 3. The van der Waals surface area contributed by atoms with Crippen molar-refractivity contribution in [3.05, 3.63) is 51.3 Å². The van der Waals surface area contributed by atoms with Crippen LogP contribution in [-0.4, -0.2) is 29.2 Å². The Hall–Kier alpha value is -1.37. The van der Waals surface area contributed by atoms with Gasteiger partial charge in [-0.15, -0.1) is 12.4 Å². The maximum Gasteiger partial charge on any atom is 0.272 e. The number of halogens is 2. The molecule has 2 aromatic rings. The summed E-state index contributed by atoms with van der Waals surface area (Å²) in [7, 11) is 0. The number of fused-ring (bicyclic) bond motifs is 1. The van der Waals surface area contributed by atoms with Gasteiger partial charge in [0.25, 0.3) is 5.91 Å². The Labute approximate surface area is 155 Å². The number of carbonyl (C=O) groups excluding carboxylic acids is 1.